The van der Waals surface area contributed by atoms with Crippen LogP contribution >= 0.6 is 0 Å². The Balaban J connectivity index is 1.47. The van der Waals surface area contributed by atoms with E-state index in [4.69, 9.17) is 4.74 Å². The quantitative estimate of drug-likeness (QED) is 0.752. The highest BCUT2D eigenvalue weighted by molar-refractivity contribution is 7.89. The summed E-state index contributed by atoms with van der Waals surface area (Å²) in [5.41, 5.74) is -1.06. The molecule has 8 heteroatoms. The summed E-state index contributed by atoms with van der Waals surface area (Å²) in [4.78, 5) is 16.8. The van der Waals surface area contributed by atoms with E-state index in [0.717, 1.165) is 5.84 Å². The van der Waals surface area contributed by atoms with E-state index in [-0.39, 0.29) is 16.3 Å². The van der Waals surface area contributed by atoms with Gasteiger partial charge in [-0.25, -0.2) is 17.9 Å². The summed E-state index contributed by atoms with van der Waals surface area (Å²) in [6.45, 7) is 3.84. The van der Waals surface area contributed by atoms with Gasteiger partial charge >= 0.3 is 5.97 Å². The largest absolute Gasteiger partial charge is 0.467 e. The Bertz CT molecular complexity index is 872. The number of carbonyl (C=O) groups is 1. The van der Waals surface area contributed by atoms with Crippen molar-refractivity contribution in [3.63, 3.8) is 0 Å². The molecule has 3 aliphatic carbocycles. The SMILES string of the molecule is COC(=O)[C@@H]1N=C(C23CC(NS(=O)(=O)c4ccccc4)(C2)C3)NC1(C)C. The summed E-state index contributed by atoms with van der Waals surface area (Å²) in [5.74, 6) is 0.447. The first-order chi connectivity index (χ1) is 12.1. The number of nitrogens with zero attached hydrogens (tertiary/aromatic N) is 1. The Labute approximate surface area is 153 Å². The zero-order valence-corrected chi connectivity index (χ0v) is 15.9. The summed E-state index contributed by atoms with van der Waals surface area (Å²) in [5, 5.41) is 3.36. The number of hydrogen-bond acceptors (Lipinski definition) is 6. The maximum absolute atomic E-state index is 12.6. The number of aliphatic imine (C=N–C) groups is 1. The zero-order chi connectivity index (χ0) is 18.8. The van der Waals surface area contributed by atoms with Crippen molar-refractivity contribution in [2.24, 2.45) is 10.4 Å². The summed E-state index contributed by atoms with van der Waals surface area (Å²) in [6, 6.07) is 7.83. The van der Waals surface area contributed by atoms with Crippen molar-refractivity contribution in [3.8, 4) is 0 Å². The van der Waals surface area contributed by atoms with Gasteiger partial charge in [-0.2, -0.15) is 0 Å². The van der Waals surface area contributed by atoms with Crippen LogP contribution in [0, 0.1) is 5.41 Å². The van der Waals surface area contributed by atoms with Crippen LogP contribution in [0.1, 0.15) is 33.1 Å². The van der Waals surface area contributed by atoms with E-state index in [1.54, 1.807) is 30.3 Å². The number of sulfonamides is 1. The number of methoxy groups -OCH3 is 1. The first-order valence-corrected chi connectivity index (χ1v) is 10.1. The van der Waals surface area contributed by atoms with Crippen LogP contribution in [0.5, 0.6) is 0 Å². The van der Waals surface area contributed by atoms with E-state index >= 15 is 0 Å². The summed E-state index contributed by atoms with van der Waals surface area (Å²) in [7, 11) is -2.17. The second-order valence-electron chi connectivity index (χ2n) is 8.26. The number of benzene rings is 1. The van der Waals surface area contributed by atoms with Gasteiger partial charge in [-0.3, -0.25) is 4.99 Å². The lowest BCUT2D eigenvalue weighted by Crippen LogP contribution is -2.78. The van der Waals surface area contributed by atoms with Crippen molar-refractivity contribution < 1.29 is 17.9 Å². The van der Waals surface area contributed by atoms with E-state index in [0.29, 0.717) is 19.3 Å². The van der Waals surface area contributed by atoms with Crippen LogP contribution in [0.25, 0.3) is 0 Å². The van der Waals surface area contributed by atoms with Crippen molar-refractivity contribution in [2.45, 2.75) is 55.1 Å². The molecule has 3 fully saturated rings. The van der Waals surface area contributed by atoms with Gasteiger partial charge in [-0.1, -0.05) is 18.2 Å². The number of ether oxygens (including phenoxy) is 1. The van der Waals surface area contributed by atoms with Gasteiger partial charge in [0.2, 0.25) is 10.0 Å². The van der Waals surface area contributed by atoms with Crippen molar-refractivity contribution in [2.75, 3.05) is 7.11 Å². The lowest BCUT2D eigenvalue weighted by Gasteiger charge is -2.70. The zero-order valence-electron chi connectivity index (χ0n) is 15.1. The van der Waals surface area contributed by atoms with Gasteiger partial charge in [0.25, 0.3) is 0 Å². The molecule has 1 atom stereocenters. The minimum atomic E-state index is -3.53. The number of hydrogen-bond donors (Lipinski definition) is 2. The van der Waals surface area contributed by atoms with E-state index in [2.05, 4.69) is 15.0 Å². The third kappa shape index (κ3) is 2.46. The van der Waals surface area contributed by atoms with Crippen molar-refractivity contribution in [3.05, 3.63) is 30.3 Å². The monoisotopic (exact) mass is 377 g/mol. The molecule has 0 radical (unpaired) electrons. The Morgan fingerprint density at radius 3 is 2.42 bits per heavy atom. The third-order valence-corrected chi connectivity index (χ3v) is 7.34. The van der Waals surface area contributed by atoms with Gasteiger partial charge in [0.05, 0.1) is 17.5 Å². The maximum atomic E-state index is 12.6. The molecule has 2 N–H and O–H groups in total. The maximum Gasteiger partial charge on any atom is 0.333 e. The number of amidine groups is 1. The van der Waals surface area contributed by atoms with Crippen molar-refractivity contribution in [1.29, 1.82) is 0 Å². The Hall–Kier alpha value is -1.93. The molecule has 1 heterocycles. The molecule has 1 aromatic rings. The van der Waals surface area contributed by atoms with Crippen LogP contribution in [-0.2, 0) is 19.6 Å². The minimum Gasteiger partial charge on any atom is -0.467 e. The normalized spacial score (nSPS) is 34.1. The summed E-state index contributed by atoms with van der Waals surface area (Å²) in [6.07, 6.45) is 2.09. The molecule has 0 saturated heterocycles. The molecule has 0 unspecified atom stereocenters. The van der Waals surface area contributed by atoms with Gasteiger partial charge < -0.3 is 10.1 Å². The highest BCUT2D eigenvalue weighted by Gasteiger charge is 2.72. The van der Waals surface area contributed by atoms with Gasteiger partial charge in [-0.05, 0) is 45.2 Å². The molecule has 0 aromatic heterocycles. The van der Waals surface area contributed by atoms with Crippen LogP contribution in [0.15, 0.2) is 40.2 Å². The number of nitrogens with one attached hydrogen (secondary N) is 2. The molecule has 1 aliphatic heterocycles. The number of rotatable bonds is 5. The van der Waals surface area contributed by atoms with Gasteiger partial charge in [-0.15, -0.1) is 0 Å². The first-order valence-electron chi connectivity index (χ1n) is 8.65. The average Bonchev–Trinajstić information content (AvgIpc) is 2.85. The second-order valence-corrected chi connectivity index (χ2v) is 9.94. The van der Waals surface area contributed by atoms with Crippen LogP contribution in [0.2, 0.25) is 0 Å². The molecule has 26 heavy (non-hydrogen) atoms. The van der Waals surface area contributed by atoms with Crippen molar-refractivity contribution in [1.82, 2.24) is 10.0 Å². The minimum absolute atomic E-state index is 0.154. The lowest BCUT2D eigenvalue weighted by molar-refractivity contribution is -0.143. The molecule has 0 amide bonds. The highest BCUT2D eigenvalue weighted by atomic mass is 32.2. The molecule has 3 saturated carbocycles. The molecule has 1 aromatic carbocycles. The van der Waals surface area contributed by atoms with E-state index in [1.807, 2.05) is 13.8 Å². The lowest BCUT2D eigenvalue weighted by atomic mass is 9.39. The van der Waals surface area contributed by atoms with Gasteiger partial charge in [0.1, 0.15) is 5.84 Å². The standard InChI is InChI=1S/C18H23N3O4S/c1-16(2)13(14(22)25-3)19-15(20-16)17-9-18(10-17,11-17)21-26(23,24)12-7-5-4-6-8-12/h4-8,13,21H,9-11H2,1-3H3,(H,19,20)/t13-,17?,18?/m0/s1. The molecular weight excluding hydrogens is 354 g/mol. The topological polar surface area (TPSA) is 96.9 Å². The van der Waals surface area contributed by atoms with Gasteiger partial charge in [0, 0.05) is 11.0 Å². The van der Waals surface area contributed by atoms with Crippen LogP contribution < -0.4 is 10.0 Å². The molecule has 4 aliphatic rings. The fourth-order valence-corrected chi connectivity index (χ4v) is 5.94. The Kier molecular flexibility index (Phi) is 3.56. The van der Waals surface area contributed by atoms with E-state index < -0.39 is 27.1 Å². The van der Waals surface area contributed by atoms with Crippen molar-refractivity contribution >= 4 is 21.8 Å². The average molecular weight is 377 g/mol. The summed E-state index contributed by atoms with van der Waals surface area (Å²) < 4.78 is 32.8. The third-order valence-electron chi connectivity index (χ3n) is 5.74. The molecule has 5 rings (SSSR count). The van der Waals surface area contributed by atoms with Crippen LogP contribution in [0.4, 0.5) is 0 Å². The molecule has 0 spiro atoms. The summed E-state index contributed by atoms with van der Waals surface area (Å²) >= 11 is 0. The van der Waals surface area contributed by atoms with Crippen LogP contribution in [0.3, 0.4) is 0 Å². The predicted octanol–water partition coefficient (Wildman–Crippen LogP) is 1.21. The molecule has 7 nitrogen and oxygen atoms in total. The molecule has 2 bridgehead atoms. The van der Waals surface area contributed by atoms with Gasteiger partial charge in [0.15, 0.2) is 6.04 Å². The smallest absolute Gasteiger partial charge is 0.333 e. The molecule has 140 valence electrons. The first kappa shape index (κ1) is 17.5. The second kappa shape index (κ2) is 5.29. The Morgan fingerprint density at radius 1 is 1.23 bits per heavy atom. The predicted molar refractivity (Wildman–Crippen MR) is 96.2 cm³/mol. The van der Waals surface area contributed by atoms with Crippen LogP contribution in [-0.4, -0.2) is 44.5 Å². The molecular formula is C18H23N3O4S. The highest BCUT2D eigenvalue weighted by Crippen LogP contribution is 2.68. The fraction of sp³-hybridized carbons (Fsp3) is 0.556. The van der Waals surface area contributed by atoms with E-state index in [9.17, 15) is 13.2 Å². The number of esters is 1. The Morgan fingerprint density at radius 2 is 1.85 bits per heavy atom. The fourth-order valence-electron chi connectivity index (χ4n) is 4.52. The van der Waals surface area contributed by atoms with E-state index in [1.165, 1.54) is 7.11 Å². The number of carbonyl (C=O) groups excluding carboxylic acids is 1.